The number of hydrogen-bond donors (Lipinski definition) is 1. The molecule has 1 aromatic heterocycles. The van der Waals surface area contributed by atoms with Crippen LogP contribution in [-0.4, -0.2) is 39.7 Å². The zero-order valence-electron chi connectivity index (χ0n) is 14.2. The number of carbonyl (C=O) groups is 1. The number of amides is 1. The summed E-state index contributed by atoms with van der Waals surface area (Å²) in [5.74, 6) is 0.0439. The Hall–Kier alpha value is -2.14. The zero-order valence-corrected chi connectivity index (χ0v) is 14.2. The van der Waals surface area contributed by atoms with Crippen LogP contribution in [0.15, 0.2) is 30.3 Å². The largest absolute Gasteiger partial charge is 0.325 e. The fourth-order valence-corrected chi connectivity index (χ4v) is 3.11. The van der Waals surface area contributed by atoms with Crippen molar-refractivity contribution in [3.05, 3.63) is 47.3 Å². The van der Waals surface area contributed by atoms with Crippen molar-refractivity contribution in [1.29, 1.82) is 0 Å². The summed E-state index contributed by atoms with van der Waals surface area (Å²) in [6.07, 6.45) is 0. The Morgan fingerprint density at radius 1 is 1.26 bits per heavy atom. The molecule has 1 saturated heterocycles. The Balaban J connectivity index is 1.57. The summed E-state index contributed by atoms with van der Waals surface area (Å²) in [7, 11) is 0. The topological polar surface area (TPSA) is 50.2 Å². The van der Waals surface area contributed by atoms with Gasteiger partial charge in [0.2, 0.25) is 5.91 Å². The molecule has 1 fully saturated rings. The lowest BCUT2D eigenvalue weighted by molar-refractivity contribution is -0.123. The summed E-state index contributed by atoms with van der Waals surface area (Å²) < 4.78 is 2.08. The molecule has 23 heavy (non-hydrogen) atoms. The smallest absolute Gasteiger partial charge is 0.241 e. The number of anilines is 1. The maximum absolute atomic E-state index is 12.4. The average Bonchev–Trinajstić information content (AvgIpc) is 2.76. The van der Waals surface area contributed by atoms with Crippen LogP contribution in [0.3, 0.4) is 0 Å². The molecule has 0 radical (unpaired) electrons. The van der Waals surface area contributed by atoms with Crippen molar-refractivity contribution in [3.63, 3.8) is 0 Å². The lowest BCUT2D eigenvalue weighted by Crippen LogP contribution is -2.55. The second kappa shape index (κ2) is 6.16. The highest BCUT2D eigenvalue weighted by Gasteiger charge is 2.35. The molecule has 1 unspecified atom stereocenters. The van der Waals surface area contributed by atoms with E-state index in [2.05, 4.69) is 33.0 Å². The van der Waals surface area contributed by atoms with Gasteiger partial charge < -0.3 is 5.32 Å². The maximum Gasteiger partial charge on any atom is 0.241 e. The normalized spacial score (nSPS) is 16.9. The van der Waals surface area contributed by atoms with Gasteiger partial charge in [-0.05, 0) is 51.5 Å². The molecule has 1 aromatic carbocycles. The van der Waals surface area contributed by atoms with Crippen molar-refractivity contribution < 1.29 is 4.79 Å². The number of rotatable bonds is 4. The standard InChI is InChI=1S/C18H24N4O/c1-12-6-5-7-16(8-12)19-18(23)15(4)21-10-17(11-21)22-14(3)9-13(2)20-22/h5-9,15,17H,10-11H2,1-4H3,(H,19,23). The van der Waals surface area contributed by atoms with E-state index in [1.807, 2.05) is 45.0 Å². The Morgan fingerprint density at radius 3 is 2.61 bits per heavy atom. The van der Waals surface area contributed by atoms with Crippen LogP contribution in [0.1, 0.15) is 29.9 Å². The van der Waals surface area contributed by atoms with Crippen molar-refractivity contribution in [3.8, 4) is 0 Å². The van der Waals surface area contributed by atoms with E-state index in [1.165, 1.54) is 5.69 Å². The Kier molecular flexibility index (Phi) is 4.22. The molecule has 1 N–H and O–H groups in total. The minimum absolute atomic E-state index is 0.0439. The number of nitrogens with zero attached hydrogens (tertiary/aromatic N) is 3. The monoisotopic (exact) mass is 312 g/mol. The van der Waals surface area contributed by atoms with Crippen LogP contribution < -0.4 is 5.32 Å². The van der Waals surface area contributed by atoms with Crippen molar-refractivity contribution in [2.75, 3.05) is 18.4 Å². The van der Waals surface area contributed by atoms with Gasteiger partial charge in [-0.3, -0.25) is 14.4 Å². The van der Waals surface area contributed by atoms with Gasteiger partial charge in [-0.1, -0.05) is 12.1 Å². The van der Waals surface area contributed by atoms with Gasteiger partial charge in [-0.25, -0.2) is 0 Å². The highest BCUT2D eigenvalue weighted by Crippen LogP contribution is 2.25. The summed E-state index contributed by atoms with van der Waals surface area (Å²) in [5.41, 5.74) is 4.23. The van der Waals surface area contributed by atoms with Crippen LogP contribution in [0.2, 0.25) is 0 Å². The molecule has 1 atom stereocenters. The van der Waals surface area contributed by atoms with Crippen LogP contribution in [0, 0.1) is 20.8 Å². The van der Waals surface area contributed by atoms with Gasteiger partial charge in [0.15, 0.2) is 0 Å². The summed E-state index contributed by atoms with van der Waals surface area (Å²) >= 11 is 0. The molecule has 2 aromatic rings. The van der Waals surface area contributed by atoms with E-state index in [1.54, 1.807) is 0 Å². The summed E-state index contributed by atoms with van der Waals surface area (Å²) in [6, 6.07) is 10.2. The molecule has 0 bridgehead atoms. The van der Waals surface area contributed by atoms with E-state index in [-0.39, 0.29) is 11.9 Å². The van der Waals surface area contributed by atoms with Gasteiger partial charge in [-0.2, -0.15) is 5.10 Å². The van der Waals surface area contributed by atoms with E-state index < -0.39 is 0 Å². The quantitative estimate of drug-likeness (QED) is 0.944. The lowest BCUT2D eigenvalue weighted by atomic mass is 10.1. The summed E-state index contributed by atoms with van der Waals surface area (Å²) in [4.78, 5) is 14.6. The van der Waals surface area contributed by atoms with Gasteiger partial charge in [-0.15, -0.1) is 0 Å². The van der Waals surface area contributed by atoms with Gasteiger partial charge in [0, 0.05) is 24.5 Å². The molecule has 0 spiro atoms. The minimum atomic E-state index is -0.135. The van der Waals surface area contributed by atoms with Gasteiger partial charge in [0.1, 0.15) is 0 Å². The lowest BCUT2D eigenvalue weighted by Gasteiger charge is -2.42. The third kappa shape index (κ3) is 3.29. The number of carbonyl (C=O) groups excluding carboxylic acids is 1. The van der Waals surface area contributed by atoms with Gasteiger partial charge in [0.05, 0.1) is 17.8 Å². The average molecular weight is 312 g/mol. The molecule has 1 aliphatic heterocycles. The number of hydrogen-bond acceptors (Lipinski definition) is 3. The van der Waals surface area contributed by atoms with Crippen LogP contribution in [0.5, 0.6) is 0 Å². The van der Waals surface area contributed by atoms with Crippen molar-refractivity contribution in [1.82, 2.24) is 14.7 Å². The third-order valence-corrected chi connectivity index (χ3v) is 4.49. The first kappa shape index (κ1) is 15.7. The molecular formula is C18H24N4O. The van der Waals surface area contributed by atoms with E-state index in [9.17, 15) is 4.79 Å². The number of benzene rings is 1. The molecule has 5 heteroatoms. The molecular weight excluding hydrogens is 288 g/mol. The van der Waals surface area contributed by atoms with Crippen molar-refractivity contribution in [2.45, 2.75) is 39.8 Å². The van der Waals surface area contributed by atoms with Crippen LogP contribution in [-0.2, 0) is 4.79 Å². The first-order valence-electron chi connectivity index (χ1n) is 8.08. The fraction of sp³-hybridized carbons (Fsp3) is 0.444. The first-order valence-corrected chi connectivity index (χ1v) is 8.08. The summed E-state index contributed by atoms with van der Waals surface area (Å²) in [5, 5.41) is 7.54. The number of nitrogens with one attached hydrogen (secondary N) is 1. The highest BCUT2D eigenvalue weighted by molar-refractivity contribution is 5.94. The molecule has 1 amide bonds. The number of aryl methyl sites for hydroxylation is 3. The molecule has 5 nitrogen and oxygen atoms in total. The van der Waals surface area contributed by atoms with E-state index in [0.29, 0.717) is 6.04 Å². The SMILES string of the molecule is Cc1cccc(NC(=O)C(C)N2CC(n3nc(C)cc3C)C2)c1. The molecule has 122 valence electrons. The van der Waals surface area contributed by atoms with E-state index in [4.69, 9.17) is 0 Å². The third-order valence-electron chi connectivity index (χ3n) is 4.49. The molecule has 0 saturated carbocycles. The van der Waals surface area contributed by atoms with Crippen molar-refractivity contribution >= 4 is 11.6 Å². The number of likely N-dealkylation sites (tertiary alicyclic amines) is 1. The zero-order chi connectivity index (χ0) is 16.6. The molecule has 0 aliphatic carbocycles. The van der Waals surface area contributed by atoms with Crippen molar-refractivity contribution in [2.24, 2.45) is 0 Å². The summed E-state index contributed by atoms with van der Waals surface area (Å²) in [6.45, 7) is 9.80. The maximum atomic E-state index is 12.4. The molecule has 2 heterocycles. The van der Waals surface area contributed by atoms with E-state index >= 15 is 0 Å². The molecule has 3 rings (SSSR count). The van der Waals surface area contributed by atoms with E-state index in [0.717, 1.165) is 30.0 Å². The van der Waals surface area contributed by atoms with Gasteiger partial charge >= 0.3 is 0 Å². The second-order valence-corrected chi connectivity index (χ2v) is 6.51. The van der Waals surface area contributed by atoms with Crippen LogP contribution in [0.25, 0.3) is 0 Å². The second-order valence-electron chi connectivity index (χ2n) is 6.51. The highest BCUT2D eigenvalue weighted by atomic mass is 16.2. The molecule has 1 aliphatic rings. The Labute approximate surface area is 137 Å². The Morgan fingerprint density at radius 2 is 2.00 bits per heavy atom. The predicted octanol–water partition coefficient (Wildman–Crippen LogP) is 2.69. The minimum Gasteiger partial charge on any atom is -0.325 e. The fourth-order valence-electron chi connectivity index (χ4n) is 3.11. The predicted molar refractivity (Wildman–Crippen MR) is 91.6 cm³/mol. The first-order chi connectivity index (χ1) is 10.9. The van der Waals surface area contributed by atoms with Gasteiger partial charge in [0.25, 0.3) is 0 Å². The van der Waals surface area contributed by atoms with Crippen LogP contribution in [0.4, 0.5) is 5.69 Å². The van der Waals surface area contributed by atoms with Crippen LogP contribution >= 0.6 is 0 Å². The Bertz CT molecular complexity index is 716. The number of aromatic nitrogens is 2.